The minimum absolute atomic E-state index is 0.135. The fourth-order valence-corrected chi connectivity index (χ4v) is 3.69. The molecule has 0 bridgehead atoms. The van der Waals surface area contributed by atoms with Gasteiger partial charge in [-0.3, -0.25) is 0 Å². The third-order valence-corrected chi connectivity index (χ3v) is 5.35. The summed E-state index contributed by atoms with van der Waals surface area (Å²) in [5.41, 5.74) is 4.79. The van der Waals surface area contributed by atoms with Crippen LogP contribution >= 0.6 is 0 Å². The molecular weight excluding hydrogens is 435 g/mol. The van der Waals surface area contributed by atoms with Gasteiger partial charge in [-0.1, -0.05) is 66.7 Å². The Balaban J connectivity index is 1.61. The van der Waals surface area contributed by atoms with E-state index in [1.165, 1.54) is 17.7 Å². The van der Waals surface area contributed by atoms with Crippen LogP contribution < -0.4 is 4.74 Å². The number of hydrogen-bond acceptors (Lipinski definition) is 1. The van der Waals surface area contributed by atoms with Crippen molar-refractivity contribution in [3.05, 3.63) is 103 Å². The summed E-state index contributed by atoms with van der Waals surface area (Å²) in [6.07, 6.45) is -1.44. The lowest BCUT2D eigenvalue weighted by atomic mass is 9.97. The van der Waals surface area contributed by atoms with Gasteiger partial charge in [0, 0.05) is 5.39 Å². The molecule has 0 atom stereocenters. The first kappa shape index (κ1) is 22.5. The first-order chi connectivity index (χ1) is 15.7. The number of ether oxygens (including phenoxy) is 1. The molecule has 0 heterocycles. The quantitative estimate of drug-likeness (QED) is 0.210. The molecule has 4 aromatic carbocycles. The highest BCUT2D eigenvalue weighted by Gasteiger charge is 2.34. The van der Waals surface area contributed by atoms with Gasteiger partial charge in [0.15, 0.2) is 11.6 Å². The Labute approximate surface area is 187 Å². The number of aryl methyl sites for hydroxylation is 1. The lowest BCUT2D eigenvalue weighted by Crippen LogP contribution is -2.19. The van der Waals surface area contributed by atoms with Gasteiger partial charge in [0.05, 0.1) is 0 Å². The van der Waals surface area contributed by atoms with E-state index in [0.29, 0.717) is 5.56 Å². The highest BCUT2D eigenvalue weighted by molar-refractivity contribution is 5.89. The number of hydrogen-bond donors (Lipinski definition) is 0. The van der Waals surface area contributed by atoms with Crippen LogP contribution in [0, 0.1) is 11.6 Å². The normalized spacial score (nSPS) is 11.5. The molecule has 0 aliphatic carbocycles. The third kappa shape index (κ3) is 5.06. The van der Waals surface area contributed by atoms with Gasteiger partial charge in [-0.15, -0.1) is 19.8 Å². The maximum Gasteiger partial charge on any atom is 0.573 e. The van der Waals surface area contributed by atoms with Crippen molar-refractivity contribution in [3.8, 4) is 28.0 Å². The van der Waals surface area contributed by atoms with Crippen LogP contribution in [0.1, 0.15) is 12.0 Å². The minimum Gasteiger partial charge on any atom is -0.399 e. The SMILES string of the molecule is C=CCCc1ccc(-c2ccc(-c3ccc4c(F)c(OC(F)(F)F)c(F)cc4c3)cc2)cc1. The van der Waals surface area contributed by atoms with Gasteiger partial charge < -0.3 is 4.74 Å². The molecule has 4 rings (SSSR count). The number of halogens is 5. The molecule has 33 heavy (non-hydrogen) atoms. The highest BCUT2D eigenvalue weighted by Crippen LogP contribution is 2.35. The second-order valence-electron chi connectivity index (χ2n) is 7.59. The Morgan fingerprint density at radius 3 is 1.88 bits per heavy atom. The summed E-state index contributed by atoms with van der Waals surface area (Å²) in [6.45, 7) is 3.73. The van der Waals surface area contributed by atoms with Crippen LogP contribution in [-0.4, -0.2) is 6.36 Å². The van der Waals surface area contributed by atoms with Crippen molar-refractivity contribution in [2.24, 2.45) is 0 Å². The summed E-state index contributed by atoms with van der Waals surface area (Å²) < 4.78 is 69.4. The predicted octanol–water partition coefficient (Wildman–Crippen LogP) is 8.47. The molecule has 0 saturated heterocycles. The first-order valence-electron chi connectivity index (χ1n) is 10.2. The van der Waals surface area contributed by atoms with E-state index in [2.05, 4.69) is 35.6 Å². The van der Waals surface area contributed by atoms with E-state index in [1.54, 1.807) is 6.07 Å². The third-order valence-electron chi connectivity index (χ3n) is 5.35. The summed E-state index contributed by atoms with van der Waals surface area (Å²) in [6, 6.07) is 21.2. The van der Waals surface area contributed by atoms with Crippen molar-refractivity contribution < 1.29 is 26.7 Å². The first-order valence-corrected chi connectivity index (χ1v) is 10.2. The molecule has 0 N–H and O–H groups in total. The van der Waals surface area contributed by atoms with Gasteiger partial charge in [0.25, 0.3) is 0 Å². The number of benzene rings is 4. The molecule has 0 saturated carbocycles. The zero-order valence-electron chi connectivity index (χ0n) is 17.4. The second kappa shape index (κ2) is 9.06. The van der Waals surface area contributed by atoms with E-state index < -0.39 is 23.7 Å². The van der Waals surface area contributed by atoms with Gasteiger partial charge >= 0.3 is 6.36 Å². The zero-order chi connectivity index (χ0) is 23.6. The van der Waals surface area contributed by atoms with E-state index in [-0.39, 0.29) is 10.8 Å². The van der Waals surface area contributed by atoms with Crippen LogP contribution in [0.4, 0.5) is 22.0 Å². The zero-order valence-corrected chi connectivity index (χ0v) is 17.4. The average molecular weight is 454 g/mol. The van der Waals surface area contributed by atoms with Crippen LogP contribution in [0.3, 0.4) is 0 Å². The fourth-order valence-electron chi connectivity index (χ4n) is 3.69. The molecule has 0 amide bonds. The van der Waals surface area contributed by atoms with Crippen LogP contribution in [0.2, 0.25) is 0 Å². The molecule has 0 radical (unpaired) electrons. The second-order valence-corrected chi connectivity index (χ2v) is 7.59. The molecule has 1 nitrogen and oxygen atoms in total. The van der Waals surface area contributed by atoms with E-state index in [9.17, 15) is 22.0 Å². The molecular formula is C27H19F5O. The van der Waals surface area contributed by atoms with Crippen LogP contribution in [-0.2, 0) is 6.42 Å². The maximum atomic E-state index is 14.5. The number of allylic oxidation sites excluding steroid dienone is 1. The molecule has 4 aromatic rings. The fraction of sp³-hybridized carbons (Fsp3) is 0.111. The number of alkyl halides is 3. The van der Waals surface area contributed by atoms with Crippen molar-refractivity contribution >= 4 is 10.8 Å². The lowest BCUT2D eigenvalue weighted by Gasteiger charge is -2.13. The summed E-state index contributed by atoms with van der Waals surface area (Å²) in [7, 11) is 0. The van der Waals surface area contributed by atoms with Gasteiger partial charge in [-0.25, -0.2) is 8.78 Å². The van der Waals surface area contributed by atoms with Crippen LogP contribution in [0.25, 0.3) is 33.0 Å². The molecule has 0 aliphatic rings. The Morgan fingerprint density at radius 2 is 1.30 bits per heavy atom. The molecule has 0 aliphatic heterocycles. The van der Waals surface area contributed by atoms with Crippen molar-refractivity contribution in [2.45, 2.75) is 19.2 Å². The van der Waals surface area contributed by atoms with Crippen molar-refractivity contribution in [3.63, 3.8) is 0 Å². The predicted molar refractivity (Wildman–Crippen MR) is 120 cm³/mol. The molecule has 0 aromatic heterocycles. The lowest BCUT2D eigenvalue weighted by molar-refractivity contribution is -0.276. The van der Waals surface area contributed by atoms with Gasteiger partial charge in [0.2, 0.25) is 5.75 Å². The van der Waals surface area contributed by atoms with Crippen LogP contribution in [0.5, 0.6) is 5.75 Å². The Bertz CT molecular complexity index is 1290. The van der Waals surface area contributed by atoms with E-state index in [0.717, 1.165) is 35.6 Å². The molecule has 0 unspecified atom stereocenters. The molecule has 6 heteroatoms. The maximum absolute atomic E-state index is 14.5. The Morgan fingerprint density at radius 1 is 0.758 bits per heavy atom. The summed E-state index contributed by atoms with van der Waals surface area (Å²) in [4.78, 5) is 0. The van der Waals surface area contributed by atoms with Crippen molar-refractivity contribution in [1.29, 1.82) is 0 Å². The van der Waals surface area contributed by atoms with E-state index in [1.807, 2.05) is 30.3 Å². The smallest absolute Gasteiger partial charge is 0.399 e. The van der Waals surface area contributed by atoms with Crippen molar-refractivity contribution in [2.75, 3.05) is 0 Å². The molecule has 0 spiro atoms. The summed E-state index contributed by atoms with van der Waals surface area (Å²) in [5, 5.41) is -0.0243. The average Bonchev–Trinajstić information content (AvgIpc) is 2.80. The van der Waals surface area contributed by atoms with Gasteiger partial charge in [-0.05, 0) is 58.2 Å². The standard InChI is InChI=1S/C27H19F5O/c1-2-3-4-17-5-7-18(8-6-17)19-9-11-20(12-10-19)21-13-14-23-22(15-21)16-24(28)26(25(23)29)33-27(30,31)32/h2,5-16H,1,3-4H2. The van der Waals surface area contributed by atoms with Gasteiger partial charge in [0.1, 0.15) is 0 Å². The Kier molecular flexibility index (Phi) is 6.18. The monoisotopic (exact) mass is 454 g/mol. The largest absolute Gasteiger partial charge is 0.573 e. The van der Waals surface area contributed by atoms with Crippen LogP contribution in [0.15, 0.2) is 85.5 Å². The Hall–Kier alpha value is -3.67. The minimum atomic E-state index is -5.19. The summed E-state index contributed by atoms with van der Waals surface area (Å²) >= 11 is 0. The van der Waals surface area contributed by atoms with E-state index >= 15 is 0 Å². The number of rotatable bonds is 6. The summed E-state index contributed by atoms with van der Waals surface area (Å²) in [5.74, 6) is -4.26. The highest BCUT2D eigenvalue weighted by atomic mass is 19.4. The van der Waals surface area contributed by atoms with E-state index in [4.69, 9.17) is 0 Å². The molecule has 168 valence electrons. The number of fused-ring (bicyclic) bond motifs is 1. The van der Waals surface area contributed by atoms with Crippen molar-refractivity contribution in [1.82, 2.24) is 0 Å². The van der Waals surface area contributed by atoms with Gasteiger partial charge in [-0.2, -0.15) is 0 Å². The topological polar surface area (TPSA) is 9.23 Å². The molecule has 0 fully saturated rings.